The summed E-state index contributed by atoms with van der Waals surface area (Å²) in [6.45, 7) is 10.2. The molecule has 9 atom stereocenters. The standard InChI is InChI=1S/C35H60/c1-23-22-34-27(24-16-18-25(19-17-24)35(2,3)4)14-9-15-28(34)26(23)20-21-33-31-12-7-5-10-29(31)30-11-6-8-13-32(30)33/h23-34H,5-22H2,1-4H3. The highest BCUT2D eigenvalue weighted by Crippen LogP contribution is 2.61. The summed E-state index contributed by atoms with van der Waals surface area (Å²) in [6.07, 6.45) is 28.4. The summed E-state index contributed by atoms with van der Waals surface area (Å²) in [6, 6.07) is 0. The Kier molecular flexibility index (Phi) is 7.43. The summed E-state index contributed by atoms with van der Waals surface area (Å²) in [4.78, 5) is 0. The van der Waals surface area contributed by atoms with Gasteiger partial charge in [-0.15, -0.1) is 0 Å². The van der Waals surface area contributed by atoms with Crippen LogP contribution < -0.4 is 0 Å². The van der Waals surface area contributed by atoms with Crippen LogP contribution in [0.25, 0.3) is 0 Å². The number of rotatable bonds is 4. The first-order valence-corrected chi connectivity index (χ1v) is 16.9. The van der Waals surface area contributed by atoms with Crippen molar-refractivity contribution in [2.45, 2.75) is 143 Å². The van der Waals surface area contributed by atoms with Crippen molar-refractivity contribution in [1.29, 1.82) is 0 Å². The molecule has 0 bridgehead atoms. The van der Waals surface area contributed by atoms with E-state index in [0.29, 0.717) is 5.41 Å². The van der Waals surface area contributed by atoms with Gasteiger partial charge in [0.1, 0.15) is 0 Å². The Hall–Kier alpha value is 0. The van der Waals surface area contributed by atoms with Crippen LogP contribution in [0.2, 0.25) is 0 Å². The second-order valence-electron chi connectivity index (χ2n) is 16.2. The fourth-order valence-corrected chi connectivity index (χ4v) is 12.4. The molecule has 6 aliphatic rings. The van der Waals surface area contributed by atoms with E-state index in [-0.39, 0.29) is 0 Å². The fourth-order valence-electron chi connectivity index (χ4n) is 12.4. The van der Waals surface area contributed by atoms with Gasteiger partial charge >= 0.3 is 0 Å². The van der Waals surface area contributed by atoms with Gasteiger partial charge in [-0.05, 0) is 160 Å². The SMILES string of the molecule is CC1CC2C(C3CCC(C(C)(C)C)CC3)CCCC2C1CCC1C2CCCCC2C2CCCCC21. The quantitative estimate of drug-likeness (QED) is 0.375. The summed E-state index contributed by atoms with van der Waals surface area (Å²) in [5.74, 6) is 13.2. The molecule has 200 valence electrons. The summed E-state index contributed by atoms with van der Waals surface area (Å²) < 4.78 is 0. The molecule has 0 heterocycles. The second-order valence-corrected chi connectivity index (χ2v) is 16.2. The highest BCUT2D eigenvalue weighted by molar-refractivity contribution is 5.02. The average molecular weight is 481 g/mol. The fraction of sp³-hybridized carbons (Fsp3) is 1.00. The van der Waals surface area contributed by atoms with Crippen molar-refractivity contribution in [3.05, 3.63) is 0 Å². The smallest absolute Gasteiger partial charge is 0.0349 e. The van der Waals surface area contributed by atoms with Gasteiger partial charge in [0.05, 0.1) is 0 Å². The van der Waals surface area contributed by atoms with Crippen LogP contribution in [0.5, 0.6) is 0 Å². The summed E-state index contributed by atoms with van der Waals surface area (Å²) in [7, 11) is 0. The Bertz CT molecular complexity index is 669. The highest BCUT2D eigenvalue weighted by atomic mass is 14.6. The molecule has 0 nitrogen and oxygen atoms in total. The molecular formula is C35H60. The van der Waals surface area contributed by atoms with Crippen molar-refractivity contribution in [1.82, 2.24) is 0 Å². The zero-order valence-corrected chi connectivity index (χ0v) is 24.2. The van der Waals surface area contributed by atoms with Crippen molar-refractivity contribution in [2.75, 3.05) is 0 Å². The van der Waals surface area contributed by atoms with Crippen molar-refractivity contribution in [3.63, 3.8) is 0 Å². The topological polar surface area (TPSA) is 0 Å². The zero-order valence-electron chi connectivity index (χ0n) is 24.2. The number of fused-ring (bicyclic) bond motifs is 4. The summed E-state index contributed by atoms with van der Waals surface area (Å²) in [5, 5.41) is 0. The van der Waals surface area contributed by atoms with E-state index in [1.807, 2.05) is 0 Å². The second kappa shape index (κ2) is 10.3. The van der Waals surface area contributed by atoms with E-state index in [9.17, 15) is 0 Å². The molecule has 6 saturated carbocycles. The van der Waals surface area contributed by atoms with E-state index in [0.717, 1.165) is 71.0 Å². The third-order valence-electron chi connectivity index (χ3n) is 13.9. The van der Waals surface area contributed by atoms with Gasteiger partial charge in [-0.3, -0.25) is 0 Å². The first kappa shape index (κ1) is 25.3. The molecule has 0 aromatic rings. The van der Waals surface area contributed by atoms with Crippen LogP contribution in [0.4, 0.5) is 0 Å². The maximum Gasteiger partial charge on any atom is -0.0349 e. The van der Waals surface area contributed by atoms with Crippen molar-refractivity contribution in [3.8, 4) is 0 Å². The largest absolute Gasteiger partial charge is 0.0622 e. The predicted octanol–water partition coefficient (Wildman–Crippen LogP) is 10.6. The lowest BCUT2D eigenvalue weighted by molar-refractivity contribution is 0.0537. The minimum Gasteiger partial charge on any atom is -0.0622 e. The van der Waals surface area contributed by atoms with Crippen LogP contribution >= 0.6 is 0 Å². The molecule has 9 unspecified atom stereocenters. The van der Waals surface area contributed by atoms with Gasteiger partial charge in [0.25, 0.3) is 0 Å². The Balaban J connectivity index is 1.09. The van der Waals surface area contributed by atoms with Gasteiger partial charge in [-0.2, -0.15) is 0 Å². The van der Waals surface area contributed by atoms with E-state index in [1.165, 1.54) is 12.8 Å². The van der Waals surface area contributed by atoms with Gasteiger partial charge in [-0.25, -0.2) is 0 Å². The summed E-state index contributed by atoms with van der Waals surface area (Å²) in [5.41, 5.74) is 0.530. The third-order valence-corrected chi connectivity index (χ3v) is 13.9. The Morgan fingerprint density at radius 2 is 0.971 bits per heavy atom. The van der Waals surface area contributed by atoms with Crippen molar-refractivity contribution >= 4 is 0 Å². The summed E-state index contributed by atoms with van der Waals surface area (Å²) >= 11 is 0. The van der Waals surface area contributed by atoms with Crippen LogP contribution in [0, 0.1) is 76.4 Å². The van der Waals surface area contributed by atoms with Crippen LogP contribution in [0.15, 0.2) is 0 Å². The molecule has 6 fully saturated rings. The van der Waals surface area contributed by atoms with Crippen molar-refractivity contribution < 1.29 is 0 Å². The van der Waals surface area contributed by atoms with E-state index in [4.69, 9.17) is 0 Å². The molecule has 0 heteroatoms. The van der Waals surface area contributed by atoms with Gasteiger partial charge in [-0.1, -0.05) is 59.8 Å². The van der Waals surface area contributed by atoms with Gasteiger partial charge in [0, 0.05) is 0 Å². The average Bonchev–Trinajstić information content (AvgIpc) is 3.36. The Labute approximate surface area is 219 Å². The lowest BCUT2D eigenvalue weighted by Gasteiger charge is -2.45. The molecule has 0 spiro atoms. The van der Waals surface area contributed by atoms with Crippen LogP contribution in [0.3, 0.4) is 0 Å². The number of hydrogen-bond donors (Lipinski definition) is 0. The van der Waals surface area contributed by atoms with Crippen molar-refractivity contribution in [2.24, 2.45) is 76.4 Å². The highest BCUT2D eigenvalue weighted by Gasteiger charge is 2.52. The maximum absolute atomic E-state index is 2.69. The molecule has 6 rings (SSSR count). The van der Waals surface area contributed by atoms with E-state index in [2.05, 4.69) is 27.7 Å². The first-order chi connectivity index (χ1) is 16.9. The lowest BCUT2D eigenvalue weighted by atomic mass is 9.61. The van der Waals surface area contributed by atoms with E-state index in [1.54, 1.807) is 103 Å². The Morgan fingerprint density at radius 3 is 1.57 bits per heavy atom. The molecule has 0 saturated heterocycles. The zero-order chi connectivity index (χ0) is 24.2. The van der Waals surface area contributed by atoms with E-state index >= 15 is 0 Å². The molecular weight excluding hydrogens is 420 g/mol. The Morgan fingerprint density at radius 1 is 0.486 bits per heavy atom. The van der Waals surface area contributed by atoms with E-state index < -0.39 is 0 Å². The number of hydrogen-bond acceptors (Lipinski definition) is 0. The molecule has 0 aromatic carbocycles. The van der Waals surface area contributed by atoms with Gasteiger partial charge in [0.2, 0.25) is 0 Å². The molecule has 0 aromatic heterocycles. The van der Waals surface area contributed by atoms with Crippen LogP contribution in [0.1, 0.15) is 143 Å². The predicted molar refractivity (Wildman–Crippen MR) is 150 cm³/mol. The third kappa shape index (κ3) is 4.82. The minimum absolute atomic E-state index is 0.530. The molecule has 0 aliphatic heterocycles. The van der Waals surface area contributed by atoms with Gasteiger partial charge in [0.15, 0.2) is 0 Å². The normalized spacial score (nSPS) is 50.4. The molecule has 0 N–H and O–H groups in total. The molecule has 6 aliphatic carbocycles. The maximum atomic E-state index is 2.69. The van der Waals surface area contributed by atoms with Crippen LogP contribution in [-0.2, 0) is 0 Å². The van der Waals surface area contributed by atoms with Crippen LogP contribution in [-0.4, -0.2) is 0 Å². The first-order valence-electron chi connectivity index (χ1n) is 16.9. The van der Waals surface area contributed by atoms with Gasteiger partial charge < -0.3 is 0 Å². The molecule has 0 radical (unpaired) electrons. The lowest BCUT2D eigenvalue weighted by Crippen LogP contribution is -2.35. The minimum atomic E-state index is 0.530. The molecule has 0 amide bonds. The molecule has 35 heavy (non-hydrogen) atoms. The monoisotopic (exact) mass is 480 g/mol.